The minimum atomic E-state index is -0.532. The van der Waals surface area contributed by atoms with E-state index in [2.05, 4.69) is 10.6 Å². The minimum absolute atomic E-state index is 0.0286. The lowest BCUT2D eigenvalue weighted by Gasteiger charge is -2.13. The number of carbonyl (C=O) groups excluding carboxylic acids is 1. The molecule has 134 valence electrons. The molecule has 0 radical (unpaired) electrons. The van der Waals surface area contributed by atoms with Gasteiger partial charge in [0.05, 0.1) is 23.9 Å². The van der Waals surface area contributed by atoms with Crippen molar-refractivity contribution in [2.45, 2.75) is 6.92 Å². The van der Waals surface area contributed by atoms with E-state index >= 15 is 0 Å². The number of amides is 1. The van der Waals surface area contributed by atoms with Gasteiger partial charge in [0.15, 0.2) is 0 Å². The average Bonchev–Trinajstić information content (AvgIpc) is 2.61. The zero-order valence-corrected chi connectivity index (χ0v) is 14.6. The number of halogens is 2. The van der Waals surface area contributed by atoms with Gasteiger partial charge in [-0.3, -0.25) is 4.79 Å². The van der Waals surface area contributed by atoms with E-state index in [1.165, 1.54) is 18.2 Å². The van der Waals surface area contributed by atoms with Crippen LogP contribution in [0.3, 0.4) is 0 Å². The third kappa shape index (κ3) is 6.25. The van der Waals surface area contributed by atoms with Crippen LogP contribution in [0.4, 0.5) is 15.8 Å². The molecular weight excluding hydrogens is 347 g/mol. The van der Waals surface area contributed by atoms with Crippen LogP contribution in [0, 0.1) is 5.82 Å². The maximum Gasteiger partial charge on any atom is 0.243 e. The Morgan fingerprint density at radius 1 is 1.20 bits per heavy atom. The number of nitrogens with one attached hydrogen (secondary N) is 2. The van der Waals surface area contributed by atoms with Crippen LogP contribution in [0.5, 0.6) is 5.75 Å². The Labute approximate surface area is 151 Å². The fraction of sp³-hybridized carbons (Fsp3) is 0.278. The van der Waals surface area contributed by atoms with Crippen LogP contribution in [-0.2, 0) is 9.53 Å². The van der Waals surface area contributed by atoms with Gasteiger partial charge in [0.25, 0.3) is 0 Å². The third-order valence-electron chi connectivity index (χ3n) is 3.22. The van der Waals surface area contributed by atoms with E-state index in [9.17, 15) is 9.18 Å². The van der Waals surface area contributed by atoms with E-state index in [0.29, 0.717) is 36.9 Å². The monoisotopic (exact) mass is 366 g/mol. The fourth-order valence-corrected chi connectivity index (χ4v) is 2.23. The second-order valence-electron chi connectivity index (χ2n) is 5.07. The van der Waals surface area contributed by atoms with Gasteiger partial charge in [-0.05, 0) is 37.3 Å². The van der Waals surface area contributed by atoms with E-state index in [1.54, 1.807) is 0 Å². The molecule has 0 unspecified atom stereocenters. The number of benzene rings is 2. The fourth-order valence-electron chi connectivity index (χ4n) is 2.05. The largest absolute Gasteiger partial charge is 0.489 e. The molecule has 2 rings (SSSR count). The summed E-state index contributed by atoms with van der Waals surface area (Å²) < 4.78 is 24.0. The number of anilines is 2. The molecule has 1 amide bonds. The number of hydrogen-bond donors (Lipinski definition) is 2. The van der Waals surface area contributed by atoms with E-state index in [4.69, 9.17) is 21.1 Å². The predicted octanol–water partition coefficient (Wildman–Crippen LogP) is 3.95. The molecule has 5 nitrogen and oxygen atoms in total. The summed E-state index contributed by atoms with van der Waals surface area (Å²) in [6.45, 7) is 3.50. The molecule has 0 saturated carbocycles. The Kier molecular flexibility index (Phi) is 7.50. The Morgan fingerprint density at radius 2 is 2.00 bits per heavy atom. The molecule has 0 aromatic heterocycles. The van der Waals surface area contributed by atoms with Gasteiger partial charge in [-0.1, -0.05) is 23.7 Å². The van der Waals surface area contributed by atoms with E-state index in [1.807, 2.05) is 31.2 Å². The molecule has 0 aliphatic heterocycles. The number of carbonyl (C=O) groups is 1. The van der Waals surface area contributed by atoms with Crippen molar-refractivity contribution in [3.05, 3.63) is 53.3 Å². The molecule has 0 spiro atoms. The van der Waals surface area contributed by atoms with Crippen LogP contribution in [0.25, 0.3) is 0 Å². The maximum absolute atomic E-state index is 13.1. The van der Waals surface area contributed by atoms with E-state index in [-0.39, 0.29) is 17.5 Å². The Balaban J connectivity index is 1.87. The zero-order chi connectivity index (χ0) is 18.1. The minimum Gasteiger partial charge on any atom is -0.489 e. The highest BCUT2D eigenvalue weighted by Crippen LogP contribution is 2.23. The molecule has 25 heavy (non-hydrogen) atoms. The highest BCUT2D eigenvalue weighted by atomic mass is 35.5. The SMILES string of the molecule is CCOCCOc1ccccc1NCC(=O)Nc1ccc(F)c(Cl)c1. The Hall–Kier alpha value is -2.31. The van der Waals surface area contributed by atoms with Gasteiger partial charge in [0.1, 0.15) is 18.2 Å². The molecule has 0 aliphatic carbocycles. The first-order valence-corrected chi connectivity index (χ1v) is 8.26. The van der Waals surface area contributed by atoms with Gasteiger partial charge >= 0.3 is 0 Å². The predicted molar refractivity (Wildman–Crippen MR) is 97.0 cm³/mol. The molecule has 0 bridgehead atoms. The summed E-state index contributed by atoms with van der Waals surface area (Å²) in [6.07, 6.45) is 0. The average molecular weight is 367 g/mol. The molecule has 7 heteroatoms. The van der Waals surface area contributed by atoms with Crippen molar-refractivity contribution in [3.63, 3.8) is 0 Å². The second kappa shape index (κ2) is 9.86. The van der Waals surface area contributed by atoms with Gasteiger partial charge in [0, 0.05) is 12.3 Å². The molecule has 0 fully saturated rings. The first-order valence-electron chi connectivity index (χ1n) is 7.88. The number of rotatable bonds is 9. The molecule has 0 saturated heterocycles. The van der Waals surface area contributed by atoms with E-state index in [0.717, 1.165) is 0 Å². The summed E-state index contributed by atoms with van der Waals surface area (Å²) in [7, 11) is 0. The summed E-state index contributed by atoms with van der Waals surface area (Å²) in [4.78, 5) is 12.0. The summed E-state index contributed by atoms with van der Waals surface area (Å²) in [6, 6.07) is 11.3. The van der Waals surface area contributed by atoms with Gasteiger partial charge in [0.2, 0.25) is 5.91 Å². The third-order valence-corrected chi connectivity index (χ3v) is 3.51. The molecular formula is C18H20ClFN2O3. The lowest BCUT2D eigenvalue weighted by molar-refractivity contribution is -0.114. The summed E-state index contributed by atoms with van der Waals surface area (Å²) in [5.74, 6) is -0.178. The quantitative estimate of drug-likeness (QED) is 0.660. The molecule has 2 aromatic carbocycles. The van der Waals surface area contributed by atoms with Crippen molar-refractivity contribution in [2.75, 3.05) is 37.0 Å². The normalized spacial score (nSPS) is 10.4. The van der Waals surface area contributed by atoms with Crippen LogP contribution in [-0.4, -0.2) is 32.3 Å². The zero-order valence-electron chi connectivity index (χ0n) is 13.9. The lowest BCUT2D eigenvalue weighted by Crippen LogP contribution is -2.22. The highest BCUT2D eigenvalue weighted by Gasteiger charge is 2.07. The van der Waals surface area contributed by atoms with Crippen LogP contribution < -0.4 is 15.4 Å². The van der Waals surface area contributed by atoms with Crippen molar-refractivity contribution in [1.29, 1.82) is 0 Å². The Bertz CT molecular complexity index is 712. The maximum atomic E-state index is 13.1. The van der Waals surface area contributed by atoms with Crippen molar-refractivity contribution in [1.82, 2.24) is 0 Å². The van der Waals surface area contributed by atoms with E-state index < -0.39 is 5.82 Å². The summed E-state index contributed by atoms with van der Waals surface area (Å²) in [5, 5.41) is 5.62. The number of para-hydroxylation sites is 2. The standard InChI is InChI=1S/C18H20ClFN2O3/c1-2-24-9-10-25-17-6-4-3-5-16(17)21-12-18(23)22-13-7-8-15(20)14(19)11-13/h3-8,11,21H,2,9-10,12H2,1H3,(H,22,23). The number of hydrogen-bond acceptors (Lipinski definition) is 4. The smallest absolute Gasteiger partial charge is 0.243 e. The van der Waals surface area contributed by atoms with Crippen LogP contribution in [0.2, 0.25) is 5.02 Å². The van der Waals surface area contributed by atoms with Crippen LogP contribution in [0.1, 0.15) is 6.92 Å². The summed E-state index contributed by atoms with van der Waals surface area (Å²) >= 11 is 5.69. The van der Waals surface area contributed by atoms with Crippen LogP contribution in [0.15, 0.2) is 42.5 Å². The second-order valence-corrected chi connectivity index (χ2v) is 5.48. The first kappa shape index (κ1) is 19.0. The lowest BCUT2D eigenvalue weighted by atomic mass is 10.3. The number of ether oxygens (including phenoxy) is 2. The molecule has 0 atom stereocenters. The summed E-state index contributed by atoms with van der Waals surface area (Å²) in [5.41, 5.74) is 1.13. The topological polar surface area (TPSA) is 59.6 Å². The molecule has 0 aliphatic rings. The van der Waals surface area contributed by atoms with Gasteiger partial charge in [-0.15, -0.1) is 0 Å². The molecule has 2 N–H and O–H groups in total. The van der Waals surface area contributed by atoms with Crippen molar-refractivity contribution >= 4 is 28.9 Å². The molecule has 0 heterocycles. The van der Waals surface area contributed by atoms with Crippen molar-refractivity contribution < 1.29 is 18.7 Å². The Morgan fingerprint density at radius 3 is 2.76 bits per heavy atom. The van der Waals surface area contributed by atoms with Gasteiger partial charge < -0.3 is 20.1 Å². The van der Waals surface area contributed by atoms with Gasteiger partial charge in [-0.2, -0.15) is 0 Å². The first-order chi connectivity index (χ1) is 12.1. The van der Waals surface area contributed by atoms with Gasteiger partial charge in [-0.25, -0.2) is 4.39 Å². The van der Waals surface area contributed by atoms with Crippen LogP contribution >= 0.6 is 11.6 Å². The van der Waals surface area contributed by atoms with Crippen molar-refractivity contribution in [2.24, 2.45) is 0 Å². The van der Waals surface area contributed by atoms with Crippen molar-refractivity contribution in [3.8, 4) is 5.75 Å². The molecule has 2 aromatic rings. The highest BCUT2D eigenvalue weighted by molar-refractivity contribution is 6.31.